The van der Waals surface area contributed by atoms with Crippen LogP contribution in [0.3, 0.4) is 0 Å². The van der Waals surface area contributed by atoms with Crippen molar-refractivity contribution < 1.29 is 9.18 Å². The summed E-state index contributed by atoms with van der Waals surface area (Å²) in [7, 11) is 0. The maximum absolute atomic E-state index is 13.2. The first-order valence-electron chi connectivity index (χ1n) is 5.66. The fourth-order valence-corrected chi connectivity index (χ4v) is 2.75. The summed E-state index contributed by atoms with van der Waals surface area (Å²) in [5, 5.41) is 9.97. The quantitative estimate of drug-likeness (QED) is 0.806. The number of thiazole rings is 1. The van der Waals surface area contributed by atoms with Crippen molar-refractivity contribution in [2.75, 3.05) is 0 Å². The minimum absolute atomic E-state index is 0.323. The Kier molecular flexibility index (Phi) is 3.72. The van der Waals surface area contributed by atoms with Gasteiger partial charge in [0.25, 0.3) is 0 Å². The molecule has 0 saturated heterocycles. The lowest BCUT2D eigenvalue weighted by Crippen LogP contribution is -2.11. The first-order valence-corrected chi connectivity index (χ1v) is 6.48. The topological polar surface area (TPSA) is 53.8 Å². The van der Waals surface area contributed by atoms with Gasteiger partial charge in [0.15, 0.2) is 5.78 Å². The average molecular weight is 274 g/mol. The third-order valence-corrected chi connectivity index (χ3v) is 3.79. The van der Waals surface area contributed by atoms with Crippen LogP contribution >= 0.6 is 11.3 Å². The highest BCUT2D eigenvalue weighted by atomic mass is 32.1. The zero-order valence-electron chi connectivity index (χ0n) is 10.5. The zero-order chi connectivity index (χ0) is 14.0. The van der Waals surface area contributed by atoms with E-state index >= 15 is 0 Å². The largest absolute Gasteiger partial charge is 0.291 e. The van der Waals surface area contributed by atoms with Crippen LogP contribution in [0.4, 0.5) is 4.39 Å². The molecule has 0 N–H and O–H groups in total. The predicted octanol–water partition coefficient (Wildman–Crippen LogP) is 3.39. The van der Waals surface area contributed by atoms with Gasteiger partial charge in [-0.25, -0.2) is 9.37 Å². The average Bonchev–Trinajstić information content (AvgIpc) is 2.69. The third-order valence-electron chi connectivity index (χ3n) is 2.70. The van der Waals surface area contributed by atoms with E-state index in [4.69, 9.17) is 0 Å². The Hall–Kier alpha value is -2.06. The molecule has 1 atom stereocenters. The van der Waals surface area contributed by atoms with Crippen LogP contribution in [0.1, 0.15) is 31.9 Å². The molecular weight excluding hydrogens is 263 g/mol. The number of hydrogen-bond acceptors (Lipinski definition) is 4. The number of halogens is 1. The highest BCUT2D eigenvalue weighted by molar-refractivity contribution is 7.13. The van der Waals surface area contributed by atoms with Crippen LogP contribution in [0, 0.1) is 31.0 Å². The summed E-state index contributed by atoms with van der Waals surface area (Å²) in [5.74, 6) is -1.77. The molecule has 0 aliphatic heterocycles. The van der Waals surface area contributed by atoms with Gasteiger partial charge in [0.05, 0.1) is 21.6 Å². The fraction of sp³-hybridized carbons (Fsp3) is 0.214. The second-order valence-corrected chi connectivity index (χ2v) is 5.33. The highest BCUT2D eigenvalue weighted by Crippen LogP contribution is 2.26. The number of hydrogen-bond donors (Lipinski definition) is 0. The Morgan fingerprint density at radius 3 is 2.74 bits per heavy atom. The molecule has 1 unspecified atom stereocenters. The standard InChI is InChI=1S/C14H11FN2OS/c1-8-14(19-9(2)17-8)13(18)12(7-16)10-4-3-5-11(15)6-10/h3-6,12H,1-2H3. The maximum Gasteiger partial charge on any atom is 0.196 e. The minimum Gasteiger partial charge on any atom is -0.291 e. The van der Waals surface area contributed by atoms with Crippen molar-refractivity contribution in [1.29, 1.82) is 5.26 Å². The summed E-state index contributed by atoms with van der Waals surface area (Å²) < 4.78 is 13.2. The molecular formula is C14H11FN2OS. The molecule has 0 bridgehead atoms. The van der Waals surface area contributed by atoms with E-state index in [2.05, 4.69) is 4.98 Å². The molecule has 0 aliphatic rings. The van der Waals surface area contributed by atoms with E-state index in [1.165, 1.54) is 29.5 Å². The number of Topliss-reactive ketones (excluding diaryl/α,β-unsaturated/α-hetero) is 1. The van der Waals surface area contributed by atoms with Crippen LogP contribution in [-0.2, 0) is 0 Å². The Morgan fingerprint density at radius 2 is 2.21 bits per heavy atom. The van der Waals surface area contributed by atoms with Gasteiger partial charge in [0.2, 0.25) is 0 Å². The molecule has 1 aromatic carbocycles. The van der Waals surface area contributed by atoms with E-state index in [1.807, 2.05) is 6.07 Å². The van der Waals surface area contributed by atoms with Gasteiger partial charge in [-0.2, -0.15) is 5.26 Å². The Morgan fingerprint density at radius 1 is 1.47 bits per heavy atom. The molecule has 0 radical (unpaired) electrons. The maximum atomic E-state index is 13.2. The number of ketones is 1. The van der Waals surface area contributed by atoms with E-state index in [0.717, 1.165) is 5.01 Å². The molecule has 2 aromatic rings. The summed E-state index contributed by atoms with van der Waals surface area (Å²) in [6.45, 7) is 3.54. The van der Waals surface area contributed by atoms with Crippen molar-refractivity contribution in [1.82, 2.24) is 4.98 Å². The number of aryl methyl sites for hydroxylation is 2. The molecule has 0 aliphatic carbocycles. The van der Waals surface area contributed by atoms with E-state index in [9.17, 15) is 14.4 Å². The van der Waals surface area contributed by atoms with Gasteiger partial charge in [0.1, 0.15) is 11.7 Å². The number of aromatic nitrogens is 1. The second-order valence-electron chi connectivity index (χ2n) is 4.13. The van der Waals surface area contributed by atoms with Gasteiger partial charge in [-0.05, 0) is 31.5 Å². The second kappa shape index (κ2) is 5.29. The van der Waals surface area contributed by atoms with Gasteiger partial charge < -0.3 is 0 Å². The lowest BCUT2D eigenvalue weighted by atomic mass is 9.95. The van der Waals surface area contributed by atoms with Crippen LogP contribution in [0.2, 0.25) is 0 Å². The van der Waals surface area contributed by atoms with Crippen molar-refractivity contribution in [3.8, 4) is 6.07 Å². The van der Waals surface area contributed by atoms with Crippen molar-refractivity contribution in [2.45, 2.75) is 19.8 Å². The normalized spacial score (nSPS) is 11.9. The molecule has 0 fully saturated rings. The SMILES string of the molecule is Cc1nc(C)c(C(=O)C(C#N)c2cccc(F)c2)s1. The van der Waals surface area contributed by atoms with Crippen LogP contribution in [-0.4, -0.2) is 10.8 Å². The number of benzene rings is 1. The van der Waals surface area contributed by atoms with Crippen molar-refractivity contribution >= 4 is 17.1 Å². The molecule has 1 aromatic heterocycles. The van der Waals surface area contributed by atoms with Crippen LogP contribution < -0.4 is 0 Å². The van der Waals surface area contributed by atoms with Crippen LogP contribution in [0.15, 0.2) is 24.3 Å². The summed E-state index contributed by atoms with van der Waals surface area (Å²) >= 11 is 1.26. The summed E-state index contributed by atoms with van der Waals surface area (Å²) in [6, 6.07) is 7.52. The van der Waals surface area contributed by atoms with Crippen LogP contribution in [0.25, 0.3) is 0 Å². The number of nitriles is 1. The third kappa shape index (κ3) is 2.69. The number of nitrogens with zero attached hydrogens (tertiary/aromatic N) is 2. The monoisotopic (exact) mass is 274 g/mol. The molecule has 0 saturated carbocycles. The summed E-state index contributed by atoms with van der Waals surface area (Å²) in [5.41, 5.74) is 0.988. The van der Waals surface area contributed by atoms with Gasteiger partial charge in [-0.3, -0.25) is 4.79 Å². The summed E-state index contributed by atoms with van der Waals surface area (Å²) in [4.78, 5) is 17.0. The Balaban J connectivity index is 2.41. The lowest BCUT2D eigenvalue weighted by Gasteiger charge is -2.07. The van der Waals surface area contributed by atoms with Gasteiger partial charge in [-0.15, -0.1) is 11.3 Å². The van der Waals surface area contributed by atoms with E-state index in [1.54, 1.807) is 19.9 Å². The van der Waals surface area contributed by atoms with Crippen molar-refractivity contribution in [3.05, 3.63) is 51.2 Å². The molecule has 0 amide bonds. The van der Waals surface area contributed by atoms with E-state index < -0.39 is 11.7 Å². The van der Waals surface area contributed by atoms with E-state index in [0.29, 0.717) is 16.1 Å². The smallest absolute Gasteiger partial charge is 0.196 e. The molecule has 5 heteroatoms. The van der Waals surface area contributed by atoms with Crippen LogP contribution in [0.5, 0.6) is 0 Å². The van der Waals surface area contributed by atoms with Crippen molar-refractivity contribution in [3.63, 3.8) is 0 Å². The molecule has 1 heterocycles. The minimum atomic E-state index is -0.991. The summed E-state index contributed by atoms with van der Waals surface area (Å²) in [6.07, 6.45) is 0. The van der Waals surface area contributed by atoms with Gasteiger partial charge in [0, 0.05) is 0 Å². The van der Waals surface area contributed by atoms with Gasteiger partial charge >= 0.3 is 0 Å². The zero-order valence-corrected chi connectivity index (χ0v) is 11.3. The van der Waals surface area contributed by atoms with Crippen molar-refractivity contribution in [2.24, 2.45) is 0 Å². The first-order chi connectivity index (χ1) is 9.02. The fourth-order valence-electron chi connectivity index (χ4n) is 1.86. The molecule has 19 heavy (non-hydrogen) atoms. The number of rotatable bonds is 3. The molecule has 0 spiro atoms. The molecule has 2 rings (SSSR count). The van der Waals surface area contributed by atoms with Gasteiger partial charge in [-0.1, -0.05) is 12.1 Å². The highest BCUT2D eigenvalue weighted by Gasteiger charge is 2.25. The first kappa shape index (κ1) is 13.4. The van der Waals surface area contributed by atoms with E-state index in [-0.39, 0.29) is 5.78 Å². The number of carbonyl (C=O) groups excluding carboxylic acids is 1. The lowest BCUT2D eigenvalue weighted by molar-refractivity contribution is 0.0982. The Labute approximate surface area is 114 Å². The Bertz CT molecular complexity index is 672. The molecule has 96 valence electrons. The molecule has 3 nitrogen and oxygen atoms in total. The number of carbonyl (C=O) groups is 1. The predicted molar refractivity (Wildman–Crippen MR) is 70.7 cm³/mol.